The standard InChI is InChI=1S/C22H17N3O4/c1-13-3-10-20-18(11-13)24-22(29-20)15-6-8-17(9-7-15)23-21(26)16-5-4-14(2)19(12-16)25(27)28/h3-12H,1-2H3,(H,23,26). The van der Waals surface area contributed by atoms with Crippen molar-refractivity contribution in [2.75, 3.05) is 5.32 Å². The van der Waals surface area contributed by atoms with Gasteiger partial charge < -0.3 is 9.73 Å². The second-order valence-corrected chi connectivity index (χ2v) is 6.78. The maximum absolute atomic E-state index is 12.4. The molecule has 4 aromatic rings. The van der Waals surface area contributed by atoms with Gasteiger partial charge in [-0.25, -0.2) is 4.98 Å². The average molecular weight is 387 g/mol. The molecule has 29 heavy (non-hydrogen) atoms. The third-order valence-electron chi connectivity index (χ3n) is 4.60. The van der Waals surface area contributed by atoms with Crippen LogP contribution in [0.3, 0.4) is 0 Å². The summed E-state index contributed by atoms with van der Waals surface area (Å²) in [6.45, 7) is 3.62. The molecule has 0 bridgehead atoms. The second-order valence-electron chi connectivity index (χ2n) is 6.78. The van der Waals surface area contributed by atoms with E-state index in [-0.39, 0.29) is 11.3 Å². The van der Waals surface area contributed by atoms with Crippen molar-refractivity contribution < 1.29 is 14.1 Å². The Balaban J connectivity index is 1.54. The minimum absolute atomic E-state index is 0.0841. The van der Waals surface area contributed by atoms with Gasteiger partial charge in [0, 0.05) is 28.4 Å². The Morgan fingerprint density at radius 1 is 1.03 bits per heavy atom. The Kier molecular flexibility index (Phi) is 4.56. The molecule has 0 fully saturated rings. The molecule has 1 N–H and O–H groups in total. The zero-order valence-electron chi connectivity index (χ0n) is 15.8. The lowest BCUT2D eigenvalue weighted by molar-refractivity contribution is -0.385. The van der Waals surface area contributed by atoms with Gasteiger partial charge in [0.05, 0.1) is 4.92 Å². The minimum Gasteiger partial charge on any atom is -0.436 e. The Morgan fingerprint density at radius 3 is 2.52 bits per heavy atom. The first-order chi connectivity index (χ1) is 13.9. The van der Waals surface area contributed by atoms with Gasteiger partial charge in [-0.1, -0.05) is 12.1 Å². The predicted octanol–water partition coefficient (Wildman–Crippen LogP) is 5.27. The van der Waals surface area contributed by atoms with Gasteiger partial charge in [0.1, 0.15) is 5.52 Å². The number of aryl methyl sites for hydroxylation is 2. The van der Waals surface area contributed by atoms with Crippen LogP contribution in [0.2, 0.25) is 0 Å². The number of aromatic nitrogens is 1. The van der Waals surface area contributed by atoms with Crippen molar-refractivity contribution in [1.82, 2.24) is 4.98 Å². The Hall–Kier alpha value is -4.00. The molecule has 1 amide bonds. The first kappa shape index (κ1) is 18.4. The molecule has 7 nitrogen and oxygen atoms in total. The number of hydrogen-bond donors (Lipinski definition) is 1. The normalized spacial score (nSPS) is 10.8. The van der Waals surface area contributed by atoms with Gasteiger partial charge >= 0.3 is 0 Å². The van der Waals surface area contributed by atoms with E-state index in [9.17, 15) is 14.9 Å². The van der Waals surface area contributed by atoms with Crippen LogP contribution in [0.4, 0.5) is 11.4 Å². The number of oxazole rings is 1. The molecule has 0 saturated heterocycles. The Morgan fingerprint density at radius 2 is 1.79 bits per heavy atom. The molecule has 0 aliphatic carbocycles. The van der Waals surface area contributed by atoms with Gasteiger partial charge in [0.15, 0.2) is 5.58 Å². The van der Waals surface area contributed by atoms with Gasteiger partial charge in [-0.2, -0.15) is 0 Å². The number of nitrogens with one attached hydrogen (secondary N) is 1. The molecular weight excluding hydrogens is 370 g/mol. The van der Waals surface area contributed by atoms with Crippen LogP contribution in [0.1, 0.15) is 21.5 Å². The van der Waals surface area contributed by atoms with E-state index in [1.165, 1.54) is 6.07 Å². The van der Waals surface area contributed by atoms with Crippen LogP contribution in [0.25, 0.3) is 22.6 Å². The molecule has 0 aliphatic heterocycles. The van der Waals surface area contributed by atoms with E-state index in [2.05, 4.69) is 10.3 Å². The topological polar surface area (TPSA) is 98.3 Å². The summed E-state index contributed by atoms with van der Waals surface area (Å²) in [6, 6.07) is 17.3. The van der Waals surface area contributed by atoms with Crippen molar-refractivity contribution in [2.24, 2.45) is 0 Å². The first-order valence-electron chi connectivity index (χ1n) is 8.95. The van der Waals surface area contributed by atoms with Crippen molar-refractivity contribution in [2.45, 2.75) is 13.8 Å². The summed E-state index contributed by atoms with van der Waals surface area (Å²) in [4.78, 5) is 27.5. The summed E-state index contributed by atoms with van der Waals surface area (Å²) in [5.74, 6) is 0.0795. The van der Waals surface area contributed by atoms with Gasteiger partial charge in [-0.05, 0) is 61.9 Å². The molecule has 0 atom stereocenters. The molecule has 0 unspecified atom stereocenters. The van der Waals surface area contributed by atoms with Crippen LogP contribution in [-0.4, -0.2) is 15.8 Å². The van der Waals surface area contributed by atoms with Crippen LogP contribution in [-0.2, 0) is 0 Å². The fourth-order valence-electron chi connectivity index (χ4n) is 3.01. The van der Waals surface area contributed by atoms with Crippen LogP contribution in [0, 0.1) is 24.0 Å². The SMILES string of the molecule is Cc1ccc2oc(-c3ccc(NC(=O)c4ccc(C)c([N+](=O)[O-])c4)cc3)nc2c1. The zero-order chi connectivity index (χ0) is 20.5. The van der Waals surface area contributed by atoms with Crippen LogP contribution in [0.5, 0.6) is 0 Å². The largest absolute Gasteiger partial charge is 0.436 e. The quantitative estimate of drug-likeness (QED) is 0.380. The van der Waals surface area contributed by atoms with E-state index in [0.717, 1.165) is 16.6 Å². The maximum Gasteiger partial charge on any atom is 0.273 e. The lowest BCUT2D eigenvalue weighted by Gasteiger charge is -2.06. The highest BCUT2D eigenvalue weighted by Gasteiger charge is 2.15. The lowest BCUT2D eigenvalue weighted by Crippen LogP contribution is -2.12. The highest BCUT2D eigenvalue weighted by Crippen LogP contribution is 2.26. The third-order valence-corrected chi connectivity index (χ3v) is 4.60. The highest BCUT2D eigenvalue weighted by atomic mass is 16.6. The third kappa shape index (κ3) is 3.70. The summed E-state index contributed by atoms with van der Waals surface area (Å²) in [6.07, 6.45) is 0. The lowest BCUT2D eigenvalue weighted by atomic mass is 10.1. The summed E-state index contributed by atoms with van der Waals surface area (Å²) in [5.41, 5.74) is 4.59. The molecule has 1 aromatic heterocycles. The summed E-state index contributed by atoms with van der Waals surface area (Å²) >= 11 is 0. The fraction of sp³-hybridized carbons (Fsp3) is 0.0909. The molecule has 3 aromatic carbocycles. The number of carbonyl (C=O) groups is 1. The van der Waals surface area contributed by atoms with Crippen LogP contribution in [0.15, 0.2) is 65.1 Å². The smallest absolute Gasteiger partial charge is 0.273 e. The van der Waals surface area contributed by atoms with Crippen molar-refractivity contribution in [3.8, 4) is 11.5 Å². The minimum atomic E-state index is -0.497. The van der Waals surface area contributed by atoms with Gasteiger partial charge in [-0.3, -0.25) is 14.9 Å². The van der Waals surface area contributed by atoms with E-state index in [1.807, 2.05) is 25.1 Å². The number of nitrogens with zero attached hydrogens (tertiary/aromatic N) is 2. The molecule has 0 spiro atoms. The number of nitro groups is 1. The molecule has 144 valence electrons. The van der Waals surface area contributed by atoms with Crippen LogP contribution >= 0.6 is 0 Å². The number of amides is 1. The molecule has 4 rings (SSSR count). The predicted molar refractivity (Wildman–Crippen MR) is 110 cm³/mol. The second kappa shape index (κ2) is 7.20. The number of hydrogen-bond acceptors (Lipinski definition) is 5. The molecule has 0 saturated carbocycles. The number of carbonyl (C=O) groups excluding carboxylic acids is 1. The van der Waals surface area contributed by atoms with Crippen LogP contribution < -0.4 is 5.32 Å². The van der Waals surface area contributed by atoms with Crippen molar-refractivity contribution in [1.29, 1.82) is 0 Å². The number of anilines is 1. The number of fused-ring (bicyclic) bond motifs is 1. The van der Waals surface area contributed by atoms with Crippen molar-refractivity contribution in [3.63, 3.8) is 0 Å². The summed E-state index contributed by atoms with van der Waals surface area (Å²) in [7, 11) is 0. The van der Waals surface area contributed by atoms with E-state index in [1.54, 1.807) is 43.3 Å². The molecule has 7 heteroatoms. The van der Waals surface area contributed by atoms with Gasteiger partial charge in [-0.15, -0.1) is 0 Å². The average Bonchev–Trinajstić information content (AvgIpc) is 3.11. The Bertz CT molecular complexity index is 1240. The molecule has 1 heterocycles. The number of rotatable bonds is 4. The summed E-state index contributed by atoms with van der Waals surface area (Å²) < 4.78 is 5.78. The molecule has 0 radical (unpaired) electrons. The van der Waals surface area contributed by atoms with Gasteiger partial charge in [0.25, 0.3) is 11.6 Å². The zero-order valence-corrected chi connectivity index (χ0v) is 15.8. The van der Waals surface area contributed by atoms with Crippen molar-refractivity contribution >= 4 is 28.4 Å². The monoisotopic (exact) mass is 387 g/mol. The first-order valence-corrected chi connectivity index (χ1v) is 8.95. The fourth-order valence-corrected chi connectivity index (χ4v) is 3.01. The maximum atomic E-state index is 12.4. The Labute approximate surface area is 166 Å². The summed E-state index contributed by atoms with van der Waals surface area (Å²) in [5, 5.41) is 13.8. The molecule has 0 aliphatic rings. The highest BCUT2D eigenvalue weighted by molar-refractivity contribution is 6.04. The van der Waals surface area contributed by atoms with Crippen molar-refractivity contribution in [3.05, 3.63) is 87.5 Å². The molecular formula is C22H17N3O4. The van der Waals surface area contributed by atoms with E-state index in [0.29, 0.717) is 22.7 Å². The number of nitro benzene ring substituents is 1. The van der Waals surface area contributed by atoms with Gasteiger partial charge in [0.2, 0.25) is 5.89 Å². The van der Waals surface area contributed by atoms with E-state index < -0.39 is 10.8 Å². The van der Waals surface area contributed by atoms with E-state index in [4.69, 9.17) is 4.42 Å². The number of benzene rings is 3. The van der Waals surface area contributed by atoms with E-state index >= 15 is 0 Å².